The Hall–Kier alpha value is -3.01. The van der Waals surface area contributed by atoms with Crippen LogP contribution < -0.4 is 15.4 Å². The molecule has 0 unspecified atom stereocenters. The Kier molecular flexibility index (Phi) is 9.48. The third kappa shape index (κ3) is 7.59. The summed E-state index contributed by atoms with van der Waals surface area (Å²) in [6.07, 6.45) is -2.55. The zero-order chi connectivity index (χ0) is 28.9. The number of nitrogens with one attached hydrogen (secondary N) is 2. The topological polar surface area (TPSA) is 70.7 Å². The molecule has 0 aliphatic carbocycles. The molecule has 3 aromatic rings. The zero-order valence-corrected chi connectivity index (χ0v) is 23.8. The van der Waals surface area contributed by atoms with Gasteiger partial charge in [0, 0.05) is 31.5 Å². The normalized spacial score (nSPS) is 15.1. The highest BCUT2D eigenvalue weighted by Gasteiger charge is 2.31. The second-order valence-corrected chi connectivity index (χ2v) is 12.6. The summed E-state index contributed by atoms with van der Waals surface area (Å²) in [6.45, 7) is 3.94. The number of rotatable bonds is 9. The molecule has 2 heterocycles. The van der Waals surface area contributed by atoms with Gasteiger partial charge >= 0.3 is 6.18 Å². The largest absolute Gasteiger partial charge is 0.461 e. The SMILES string of the molecule is CCN1CCC(Nc2cccc3c(CC(F)(F)F)c(C#CCNc4ccc(S(C)(=O)=O)cc4OCF)sc23)CC1. The van der Waals surface area contributed by atoms with Gasteiger partial charge in [-0.3, -0.25) is 0 Å². The third-order valence-electron chi connectivity index (χ3n) is 6.75. The number of hydrogen-bond donors (Lipinski definition) is 2. The molecule has 0 radical (unpaired) electrons. The van der Waals surface area contributed by atoms with Crippen LogP contribution in [0.1, 0.15) is 30.2 Å². The van der Waals surface area contributed by atoms with E-state index in [0.29, 0.717) is 16.0 Å². The van der Waals surface area contributed by atoms with Gasteiger partial charge in [-0.05, 0) is 48.5 Å². The molecule has 6 nitrogen and oxygen atoms in total. The monoisotopic (exact) mass is 597 g/mol. The van der Waals surface area contributed by atoms with Gasteiger partial charge < -0.3 is 20.3 Å². The highest BCUT2D eigenvalue weighted by molar-refractivity contribution is 7.90. The van der Waals surface area contributed by atoms with Crippen molar-refractivity contribution in [3.8, 4) is 17.6 Å². The average molecular weight is 598 g/mol. The van der Waals surface area contributed by atoms with Crippen molar-refractivity contribution in [3.63, 3.8) is 0 Å². The number of benzene rings is 2. The number of thiophene rings is 1. The lowest BCUT2D eigenvalue weighted by Gasteiger charge is -2.32. The molecule has 0 amide bonds. The summed E-state index contributed by atoms with van der Waals surface area (Å²) in [7, 11) is -3.53. The molecule has 1 saturated heterocycles. The van der Waals surface area contributed by atoms with E-state index >= 15 is 0 Å². The van der Waals surface area contributed by atoms with Crippen molar-refractivity contribution in [2.24, 2.45) is 0 Å². The molecule has 1 aliphatic rings. The fraction of sp³-hybridized carbons (Fsp3) is 0.429. The molecule has 216 valence electrons. The summed E-state index contributed by atoms with van der Waals surface area (Å²) in [5, 5.41) is 7.01. The first kappa shape index (κ1) is 30.0. The molecule has 0 bridgehead atoms. The van der Waals surface area contributed by atoms with E-state index in [0.717, 1.165) is 49.1 Å². The van der Waals surface area contributed by atoms with E-state index < -0.39 is 29.3 Å². The molecule has 12 heteroatoms. The van der Waals surface area contributed by atoms with Gasteiger partial charge in [0.2, 0.25) is 6.86 Å². The van der Waals surface area contributed by atoms with Crippen molar-refractivity contribution in [2.45, 2.75) is 43.3 Å². The van der Waals surface area contributed by atoms with Crippen LogP contribution in [0.4, 0.5) is 28.9 Å². The molecule has 1 aromatic heterocycles. The minimum absolute atomic E-state index is 0.00710. The Morgan fingerprint density at radius 2 is 1.90 bits per heavy atom. The first-order valence-electron chi connectivity index (χ1n) is 12.8. The number of nitrogens with zero attached hydrogens (tertiary/aromatic N) is 1. The molecule has 2 N–H and O–H groups in total. The van der Waals surface area contributed by atoms with Crippen LogP contribution >= 0.6 is 11.3 Å². The Labute approximate surface area is 235 Å². The molecule has 0 saturated carbocycles. The van der Waals surface area contributed by atoms with Crippen LogP contribution in [0.3, 0.4) is 0 Å². The van der Waals surface area contributed by atoms with Gasteiger partial charge in [-0.15, -0.1) is 11.3 Å². The van der Waals surface area contributed by atoms with Gasteiger partial charge in [-0.25, -0.2) is 12.8 Å². The smallest absolute Gasteiger partial charge is 0.393 e. The summed E-state index contributed by atoms with van der Waals surface area (Å²) in [4.78, 5) is 2.67. The highest BCUT2D eigenvalue weighted by Crippen LogP contribution is 2.39. The Bertz CT molecular complexity index is 1500. The number of fused-ring (bicyclic) bond motifs is 1. The maximum atomic E-state index is 13.5. The zero-order valence-electron chi connectivity index (χ0n) is 22.2. The van der Waals surface area contributed by atoms with Gasteiger partial charge in [0.25, 0.3) is 0 Å². The third-order valence-corrected chi connectivity index (χ3v) is 9.06. The molecular formula is C28H31F4N3O3S2. The number of ether oxygens (including phenoxy) is 1. The van der Waals surface area contributed by atoms with Crippen LogP contribution in [0.5, 0.6) is 5.75 Å². The van der Waals surface area contributed by atoms with Gasteiger partial charge in [-0.2, -0.15) is 13.2 Å². The highest BCUT2D eigenvalue weighted by atomic mass is 32.2. The van der Waals surface area contributed by atoms with E-state index in [4.69, 9.17) is 4.74 Å². The molecule has 1 fully saturated rings. The summed E-state index contributed by atoms with van der Waals surface area (Å²) < 4.78 is 82.8. The molecule has 40 heavy (non-hydrogen) atoms. The fourth-order valence-corrected chi connectivity index (χ4v) is 6.50. The number of piperidine rings is 1. The molecule has 0 atom stereocenters. The van der Waals surface area contributed by atoms with Crippen molar-refractivity contribution in [1.29, 1.82) is 0 Å². The van der Waals surface area contributed by atoms with Crippen molar-refractivity contribution in [2.75, 3.05) is 49.9 Å². The molecule has 4 rings (SSSR count). The lowest BCUT2D eigenvalue weighted by atomic mass is 10.0. The van der Waals surface area contributed by atoms with Crippen molar-refractivity contribution < 1.29 is 30.7 Å². The van der Waals surface area contributed by atoms with Gasteiger partial charge in [-0.1, -0.05) is 30.9 Å². The van der Waals surface area contributed by atoms with Crippen molar-refractivity contribution in [3.05, 3.63) is 46.8 Å². The summed E-state index contributed by atoms with van der Waals surface area (Å²) in [5.41, 5.74) is 1.27. The van der Waals surface area contributed by atoms with Crippen LogP contribution in [-0.4, -0.2) is 64.8 Å². The van der Waals surface area contributed by atoms with Crippen LogP contribution in [0, 0.1) is 11.8 Å². The van der Waals surface area contributed by atoms with Gasteiger partial charge in [0.1, 0.15) is 5.75 Å². The van der Waals surface area contributed by atoms with E-state index in [9.17, 15) is 26.0 Å². The standard InChI is InChI=1S/C28H31F4N3O3S2/c1-3-35-14-11-19(12-15-35)34-24-7-4-6-21-22(17-28(30,31)32)26(39-27(21)24)8-5-13-33-23-10-9-20(40(2,36)37)16-25(23)38-18-29/h4,6-7,9-10,16,19,33-34H,3,11-15,17-18H2,1-2H3. The van der Waals surface area contributed by atoms with Crippen LogP contribution in [0.25, 0.3) is 10.1 Å². The Balaban J connectivity index is 1.58. The molecular weight excluding hydrogens is 566 g/mol. The maximum Gasteiger partial charge on any atom is 0.393 e. The number of halogens is 4. The fourth-order valence-electron chi connectivity index (χ4n) is 4.70. The molecule has 1 aliphatic heterocycles. The van der Waals surface area contributed by atoms with Crippen molar-refractivity contribution >= 4 is 42.6 Å². The van der Waals surface area contributed by atoms with Gasteiger partial charge in [0.05, 0.1) is 38.8 Å². The predicted molar refractivity (Wildman–Crippen MR) is 152 cm³/mol. The first-order chi connectivity index (χ1) is 19.0. The number of sulfone groups is 1. The Morgan fingerprint density at radius 3 is 2.55 bits per heavy atom. The maximum absolute atomic E-state index is 13.5. The van der Waals surface area contributed by atoms with E-state index in [1.54, 1.807) is 12.1 Å². The van der Waals surface area contributed by atoms with Crippen molar-refractivity contribution in [1.82, 2.24) is 4.90 Å². The molecule has 0 spiro atoms. The van der Waals surface area contributed by atoms with Crippen LogP contribution in [-0.2, 0) is 16.3 Å². The second-order valence-electron chi connectivity index (χ2n) is 9.58. The number of anilines is 2. The number of alkyl halides is 4. The Morgan fingerprint density at radius 1 is 1.15 bits per heavy atom. The lowest BCUT2D eigenvalue weighted by Crippen LogP contribution is -2.38. The minimum atomic E-state index is -4.40. The molecule has 2 aromatic carbocycles. The number of hydrogen-bond acceptors (Lipinski definition) is 7. The number of likely N-dealkylation sites (tertiary alicyclic amines) is 1. The first-order valence-corrected chi connectivity index (χ1v) is 15.5. The van der Waals surface area contributed by atoms with E-state index in [1.807, 2.05) is 6.07 Å². The van der Waals surface area contributed by atoms with E-state index in [-0.39, 0.29) is 28.8 Å². The van der Waals surface area contributed by atoms with E-state index in [1.165, 1.54) is 29.5 Å². The van der Waals surface area contributed by atoms with Crippen LogP contribution in [0.15, 0.2) is 41.3 Å². The predicted octanol–water partition coefficient (Wildman–Crippen LogP) is 6.08. The lowest BCUT2D eigenvalue weighted by molar-refractivity contribution is -0.126. The summed E-state index contributed by atoms with van der Waals surface area (Å²) >= 11 is 1.23. The minimum Gasteiger partial charge on any atom is -0.461 e. The average Bonchev–Trinajstić information content (AvgIpc) is 3.24. The quantitative estimate of drug-likeness (QED) is 0.230. The van der Waals surface area contributed by atoms with Crippen LogP contribution in [0.2, 0.25) is 0 Å². The second kappa shape index (κ2) is 12.7. The summed E-state index contributed by atoms with van der Waals surface area (Å²) in [6, 6.07) is 9.60. The summed E-state index contributed by atoms with van der Waals surface area (Å²) in [5.74, 6) is 5.73. The van der Waals surface area contributed by atoms with E-state index in [2.05, 4.69) is 34.3 Å². The van der Waals surface area contributed by atoms with Gasteiger partial charge in [0.15, 0.2) is 9.84 Å².